The Morgan fingerprint density at radius 2 is 1.15 bits per heavy atom. The molecule has 2 unspecified atom stereocenters. The zero-order valence-electron chi connectivity index (χ0n) is 20.7. The summed E-state index contributed by atoms with van der Waals surface area (Å²) in [6.07, 6.45) is 2.37. The number of carbonyl (C=O) groups excluding carboxylic acids is 1. The molecule has 0 aliphatic carbocycles. The Morgan fingerprint density at radius 1 is 0.788 bits per heavy atom. The monoisotopic (exact) mass is 450 g/mol. The highest BCUT2D eigenvalue weighted by atomic mass is 16.5. The van der Waals surface area contributed by atoms with E-state index in [-0.39, 0.29) is 5.97 Å². The lowest BCUT2D eigenvalue weighted by Gasteiger charge is -2.27. The van der Waals surface area contributed by atoms with Gasteiger partial charge in [0.15, 0.2) is 0 Å². The van der Waals surface area contributed by atoms with Crippen molar-refractivity contribution in [3.8, 4) is 0 Å². The largest absolute Gasteiger partial charge is 0.481 e. The second-order valence-corrected chi connectivity index (χ2v) is 9.51. The number of allylic oxidation sites excluding steroid dienone is 2. The highest BCUT2D eigenvalue weighted by molar-refractivity contribution is 5.77. The van der Waals surface area contributed by atoms with Crippen LogP contribution in [0.3, 0.4) is 0 Å². The first-order valence-electron chi connectivity index (χ1n) is 11.1. The van der Waals surface area contributed by atoms with Gasteiger partial charge in [-0.2, -0.15) is 0 Å². The van der Waals surface area contributed by atoms with Crippen LogP contribution in [0.25, 0.3) is 0 Å². The van der Waals surface area contributed by atoms with Crippen molar-refractivity contribution in [1.82, 2.24) is 0 Å². The highest BCUT2D eigenvalue weighted by Gasteiger charge is 2.34. The first-order valence-corrected chi connectivity index (χ1v) is 11.1. The van der Waals surface area contributed by atoms with Crippen LogP contribution in [0, 0.1) is 10.8 Å². The summed E-state index contributed by atoms with van der Waals surface area (Å²) in [4.78, 5) is 23.2. The molecule has 1 N–H and O–H groups in total. The fourth-order valence-electron chi connectivity index (χ4n) is 4.09. The van der Waals surface area contributed by atoms with Crippen LogP contribution >= 0.6 is 0 Å². The van der Waals surface area contributed by atoms with Crippen molar-refractivity contribution in [3.63, 3.8) is 0 Å². The maximum Gasteiger partial charge on any atom is 0.312 e. The first kappa shape index (κ1) is 27.9. The van der Waals surface area contributed by atoms with Crippen molar-refractivity contribution in [2.24, 2.45) is 10.8 Å². The van der Waals surface area contributed by atoms with Crippen LogP contribution in [-0.2, 0) is 27.2 Å². The van der Waals surface area contributed by atoms with Gasteiger partial charge in [0.2, 0.25) is 0 Å². The number of benzene rings is 2. The summed E-state index contributed by atoms with van der Waals surface area (Å²) < 4.78 is 4.91. The Bertz CT molecular complexity index is 933. The van der Waals surface area contributed by atoms with E-state index in [1.807, 2.05) is 81.4 Å². The Hall–Kier alpha value is -3.14. The number of carboxylic acid groups (broad SMARTS) is 1. The van der Waals surface area contributed by atoms with E-state index in [2.05, 4.69) is 13.2 Å². The topological polar surface area (TPSA) is 63.6 Å². The number of carbonyl (C=O) groups is 2. The molecule has 0 saturated heterocycles. The van der Waals surface area contributed by atoms with E-state index >= 15 is 0 Å². The molecular weight excluding hydrogens is 412 g/mol. The number of rotatable bonds is 10. The van der Waals surface area contributed by atoms with Crippen molar-refractivity contribution in [2.75, 3.05) is 7.11 Å². The molecule has 2 rings (SSSR count). The minimum atomic E-state index is -0.764. The summed E-state index contributed by atoms with van der Waals surface area (Å²) in [6, 6.07) is 19.7. The molecule has 2 atom stereocenters. The molecule has 0 aliphatic heterocycles. The van der Waals surface area contributed by atoms with Gasteiger partial charge in [-0.3, -0.25) is 9.59 Å². The lowest BCUT2D eigenvalue weighted by molar-refractivity contribution is -0.151. The Balaban J connectivity index is 0.000000331. The minimum absolute atomic E-state index is 0.177. The molecule has 4 heteroatoms. The summed E-state index contributed by atoms with van der Waals surface area (Å²) in [6.45, 7) is 15.2. The summed E-state index contributed by atoms with van der Waals surface area (Å²) in [7, 11) is 1.43. The van der Waals surface area contributed by atoms with E-state index in [1.54, 1.807) is 6.92 Å². The van der Waals surface area contributed by atoms with Crippen LogP contribution in [0.4, 0.5) is 0 Å². The van der Waals surface area contributed by atoms with Gasteiger partial charge >= 0.3 is 11.9 Å². The van der Waals surface area contributed by atoms with Gasteiger partial charge in [0, 0.05) is 0 Å². The summed E-state index contributed by atoms with van der Waals surface area (Å²) >= 11 is 0. The van der Waals surface area contributed by atoms with Crippen molar-refractivity contribution in [3.05, 3.63) is 96.1 Å². The van der Waals surface area contributed by atoms with Crippen LogP contribution in [-0.4, -0.2) is 24.2 Å². The number of hydrogen-bond donors (Lipinski definition) is 1. The van der Waals surface area contributed by atoms with Gasteiger partial charge in [-0.1, -0.05) is 71.8 Å². The van der Waals surface area contributed by atoms with Crippen molar-refractivity contribution in [2.45, 2.75) is 53.4 Å². The fraction of sp³-hybridized carbons (Fsp3) is 0.379. The predicted octanol–water partition coefficient (Wildman–Crippen LogP) is 6.66. The number of hydrogen-bond acceptors (Lipinski definition) is 3. The zero-order chi connectivity index (χ0) is 25.1. The van der Waals surface area contributed by atoms with E-state index in [1.165, 1.54) is 7.11 Å². The average Bonchev–Trinajstić information content (AvgIpc) is 2.73. The molecule has 4 nitrogen and oxygen atoms in total. The van der Waals surface area contributed by atoms with Gasteiger partial charge in [0.1, 0.15) is 0 Å². The number of carboxylic acids is 1. The summed E-state index contributed by atoms with van der Waals surface area (Å²) in [5.41, 5.74) is 2.81. The average molecular weight is 451 g/mol. The van der Waals surface area contributed by atoms with E-state index in [0.717, 1.165) is 22.3 Å². The van der Waals surface area contributed by atoms with Crippen molar-refractivity contribution in [1.29, 1.82) is 0 Å². The molecule has 0 saturated carbocycles. The maximum absolute atomic E-state index is 11.9. The van der Waals surface area contributed by atoms with Crippen LogP contribution in [0.1, 0.15) is 51.7 Å². The lowest BCUT2D eigenvalue weighted by Crippen LogP contribution is -2.31. The van der Waals surface area contributed by atoms with Crippen molar-refractivity contribution >= 4 is 11.9 Å². The van der Waals surface area contributed by atoms with E-state index in [0.29, 0.717) is 25.7 Å². The normalized spacial score (nSPS) is 14.0. The molecule has 0 radical (unpaired) electrons. The molecule has 0 heterocycles. The fourth-order valence-corrected chi connectivity index (χ4v) is 4.09. The molecule has 0 aliphatic rings. The summed E-state index contributed by atoms with van der Waals surface area (Å²) in [5, 5.41) is 9.30. The Labute approximate surface area is 199 Å². The second-order valence-electron chi connectivity index (χ2n) is 9.51. The summed E-state index contributed by atoms with van der Waals surface area (Å²) in [5.74, 6) is -0.941. The van der Waals surface area contributed by atoms with Gasteiger partial charge in [-0.15, -0.1) is 13.2 Å². The molecule has 33 heavy (non-hydrogen) atoms. The molecule has 0 fully saturated rings. The van der Waals surface area contributed by atoms with Crippen LogP contribution in [0.2, 0.25) is 0 Å². The van der Waals surface area contributed by atoms with Gasteiger partial charge in [0.25, 0.3) is 0 Å². The predicted molar refractivity (Wildman–Crippen MR) is 135 cm³/mol. The van der Waals surface area contributed by atoms with Gasteiger partial charge in [0.05, 0.1) is 17.9 Å². The first-order chi connectivity index (χ1) is 15.4. The Kier molecular flexibility index (Phi) is 10.8. The van der Waals surface area contributed by atoms with Crippen LogP contribution in [0.5, 0.6) is 0 Å². The van der Waals surface area contributed by atoms with Crippen LogP contribution < -0.4 is 0 Å². The number of methoxy groups -OCH3 is 1. The minimum Gasteiger partial charge on any atom is -0.481 e. The SMILES string of the molecule is C=C(C)CC(C)(Cc1ccccc1)C(=O)O.C=C(C)CC(C)(Cc1ccccc1)C(=O)OC. The molecule has 0 amide bonds. The highest BCUT2D eigenvalue weighted by Crippen LogP contribution is 2.31. The second kappa shape index (κ2) is 12.8. The van der Waals surface area contributed by atoms with Crippen LogP contribution in [0.15, 0.2) is 85.0 Å². The lowest BCUT2D eigenvalue weighted by atomic mass is 9.78. The zero-order valence-corrected chi connectivity index (χ0v) is 20.7. The number of esters is 1. The molecule has 0 bridgehead atoms. The van der Waals surface area contributed by atoms with E-state index in [4.69, 9.17) is 4.74 Å². The third-order valence-corrected chi connectivity index (χ3v) is 5.45. The third kappa shape index (κ3) is 9.48. The molecule has 2 aromatic carbocycles. The quantitative estimate of drug-likeness (QED) is 0.325. The smallest absolute Gasteiger partial charge is 0.312 e. The van der Waals surface area contributed by atoms with E-state index < -0.39 is 16.8 Å². The van der Waals surface area contributed by atoms with Gasteiger partial charge < -0.3 is 9.84 Å². The van der Waals surface area contributed by atoms with Gasteiger partial charge in [-0.25, -0.2) is 0 Å². The molecule has 2 aromatic rings. The van der Waals surface area contributed by atoms with E-state index in [9.17, 15) is 14.7 Å². The standard InChI is InChI=1S/C15H20O2.C14H18O2/c1-12(2)10-15(3,14(16)17-4)11-13-8-6-5-7-9-13;1-11(2)9-14(3,13(15)16)10-12-7-5-4-6-8-12/h5-9H,1,10-11H2,2-4H3;4-8H,1,9-10H2,2-3H3,(H,15,16). The number of ether oxygens (including phenoxy) is 1. The molecular formula is C29H38O4. The third-order valence-electron chi connectivity index (χ3n) is 5.45. The Morgan fingerprint density at radius 3 is 1.48 bits per heavy atom. The molecule has 0 aromatic heterocycles. The maximum atomic E-state index is 11.9. The number of aliphatic carboxylic acids is 1. The molecule has 0 spiro atoms. The van der Waals surface area contributed by atoms with Crippen molar-refractivity contribution < 1.29 is 19.4 Å². The van der Waals surface area contributed by atoms with Gasteiger partial charge in [-0.05, 0) is 64.5 Å². The molecule has 178 valence electrons.